The first-order chi connectivity index (χ1) is 11.1. The summed E-state index contributed by atoms with van der Waals surface area (Å²) in [7, 11) is 0. The Bertz CT molecular complexity index is 644. The van der Waals surface area contributed by atoms with Crippen LogP contribution in [0.3, 0.4) is 0 Å². The molecule has 0 fully saturated rings. The van der Waals surface area contributed by atoms with E-state index in [2.05, 4.69) is 10.6 Å². The zero-order chi connectivity index (χ0) is 16.7. The Morgan fingerprint density at radius 3 is 2.09 bits per heavy atom. The highest BCUT2D eigenvalue weighted by Gasteiger charge is 2.21. The first-order valence-electron chi connectivity index (χ1n) is 7.45. The molecule has 0 aliphatic rings. The van der Waals surface area contributed by atoms with Crippen molar-refractivity contribution in [3.8, 4) is 0 Å². The minimum absolute atomic E-state index is 0.206. The Hall–Kier alpha value is -2.82. The van der Waals surface area contributed by atoms with Crippen molar-refractivity contribution in [2.45, 2.75) is 25.4 Å². The van der Waals surface area contributed by atoms with Gasteiger partial charge in [0.2, 0.25) is 0 Å². The summed E-state index contributed by atoms with van der Waals surface area (Å²) >= 11 is 0. The Kier molecular flexibility index (Phi) is 5.74. The van der Waals surface area contributed by atoms with Gasteiger partial charge in [-0.2, -0.15) is 0 Å². The lowest BCUT2D eigenvalue weighted by Crippen LogP contribution is -2.47. The molecular formula is C18H20N2O3. The summed E-state index contributed by atoms with van der Waals surface area (Å²) < 4.78 is 0. The summed E-state index contributed by atoms with van der Waals surface area (Å²) in [6.45, 7) is 1.85. The summed E-state index contributed by atoms with van der Waals surface area (Å²) in [5, 5.41) is 14.6. The number of carboxylic acid groups (broad SMARTS) is 1. The Morgan fingerprint density at radius 2 is 1.52 bits per heavy atom. The van der Waals surface area contributed by atoms with Crippen LogP contribution in [0.15, 0.2) is 60.7 Å². The summed E-state index contributed by atoms with van der Waals surface area (Å²) in [5.41, 5.74) is 1.81. The number of carbonyl (C=O) groups excluding carboxylic acids is 1. The molecule has 0 radical (unpaired) electrons. The van der Waals surface area contributed by atoms with E-state index < -0.39 is 18.0 Å². The molecule has 2 aromatic rings. The average Bonchev–Trinajstić information content (AvgIpc) is 2.56. The Balaban J connectivity index is 1.94. The maximum atomic E-state index is 12.0. The molecule has 2 amide bonds. The highest BCUT2D eigenvalue weighted by atomic mass is 16.4. The van der Waals surface area contributed by atoms with Gasteiger partial charge in [0, 0.05) is 6.42 Å². The highest BCUT2D eigenvalue weighted by Crippen LogP contribution is 2.11. The molecule has 2 aromatic carbocycles. The lowest BCUT2D eigenvalue weighted by atomic mass is 10.1. The molecule has 23 heavy (non-hydrogen) atoms. The van der Waals surface area contributed by atoms with Gasteiger partial charge in [-0.3, -0.25) is 0 Å². The second-order valence-corrected chi connectivity index (χ2v) is 5.33. The molecule has 1 unspecified atom stereocenters. The van der Waals surface area contributed by atoms with Gasteiger partial charge in [0.1, 0.15) is 6.04 Å². The van der Waals surface area contributed by atoms with Gasteiger partial charge in [0.25, 0.3) is 0 Å². The van der Waals surface area contributed by atoms with Crippen molar-refractivity contribution in [3.05, 3.63) is 71.8 Å². The number of carbonyl (C=O) groups is 2. The van der Waals surface area contributed by atoms with Crippen LogP contribution in [0, 0.1) is 0 Å². The Morgan fingerprint density at radius 1 is 0.957 bits per heavy atom. The lowest BCUT2D eigenvalue weighted by Gasteiger charge is -2.18. The van der Waals surface area contributed by atoms with Gasteiger partial charge >= 0.3 is 12.0 Å². The van der Waals surface area contributed by atoms with Gasteiger partial charge in [-0.1, -0.05) is 60.7 Å². The van der Waals surface area contributed by atoms with Crippen LogP contribution < -0.4 is 10.6 Å². The summed E-state index contributed by atoms with van der Waals surface area (Å²) in [6, 6.07) is 17.0. The van der Waals surface area contributed by atoms with Crippen LogP contribution in [0.4, 0.5) is 4.79 Å². The molecule has 0 saturated heterocycles. The van der Waals surface area contributed by atoms with Gasteiger partial charge < -0.3 is 15.7 Å². The average molecular weight is 312 g/mol. The molecule has 0 bridgehead atoms. The zero-order valence-electron chi connectivity index (χ0n) is 12.9. The highest BCUT2D eigenvalue weighted by molar-refractivity contribution is 5.83. The van der Waals surface area contributed by atoms with Crippen molar-refractivity contribution in [1.29, 1.82) is 0 Å². The number of amides is 2. The number of benzene rings is 2. The van der Waals surface area contributed by atoms with Crippen LogP contribution in [0.5, 0.6) is 0 Å². The topological polar surface area (TPSA) is 78.4 Å². The van der Waals surface area contributed by atoms with E-state index in [0.717, 1.165) is 11.1 Å². The maximum Gasteiger partial charge on any atom is 0.326 e. The van der Waals surface area contributed by atoms with Gasteiger partial charge in [0.05, 0.1) is 6.04 Å². The number of rotatable bonds is 6. The van der Waals surface area contributed by atoms with E-state index in [1.807, 2.05) is 67.6 Å². The molecule has 0 spiro atoms. The number of aliphatic carboxylic acids is 1. The van der Waals surface area contributed by atoms with Crippen LogP contribution in [0.1, 0.15) is 24.1 Å². The zero-order valence-corrected chi connectivity index (χ0v) is 12.9. The summed E-state index contributed by atoms with van der Waals surface area (Å²) in [6.07, 6.45) is 0.239. The molecular weight excluding hydrogens is 292 g/mol. The van der Waals surface area contributed by atoms with Gasteiger partial charge in [-0.05, 0) is 18.1 Å². The fourth-order valence-corrected chi connectivity index (χ4v) is 2.27. The molecule has 3 N–H and O–H groups in total. The molecule has 120 valence electrons. The molecule has 5 nitrogen and oxygen atoms in total. The van der Waals surface area contributed by atoms with E-state index in [4.69, 9.17) is 0 Å². The minimum Gasteiger partial charge on any atom is -0.480 e. The number of hydrogen-bond donors (Lipinski definition) is 3. The van der Waals surface area contributed by atoms with Crippen LogP contribution in [-0.2, 0) is 11.2 Å². The smallest absolute Gasteiger partial charge is 0.326 e. The van der Waals surface area contributed by atoms with Crippen LogP contribution in [0.2, 0.25) is 0 Å². The van der Waals surface area contributed by atoms with Crippen LogP contribution >= 0.6 is 0 Å². The Labute approximate surface area is 135 Å². The van der Waals surface area contributed by atoms with E-state index >= 15 is 0 Å². The third-order valence-corrected chi connectivity index (χ3v) is 3.53. The van der Waals surface area contributed by atoms with E-state index in [9.17, 15) is 14.7 Å². The molecule has 0 saturated carbocycles. The fourth-order valence-electron chi connectivity index (χ4n) is 2.27. The number of hydrogen-bond acceptors (Lipinski definition) is 2. The molecule has 0 aromatic heterocycles. The van der Waals surface area contributed by atoms with Crippen LogP contribution in [0.25, 0.3) is 0 Å². The van der Waals surface area contributed by atoms with Gasteiger partial charge in [-0.15, -0.1) is 0 Å². The van der Waals surface area contributed by atoms with Crippen molar-refractivity contribution >= 4 is 12.0 Å². The van der Waals surface area contributed by atoms with Crippen molar-refractivity contribution in [3.63, 3.8) is 0 Å². The number of carboxylic acids is 1. The largest absolute Gasteiger partial charge is 0.480 e. The van der Waals surface area contributed by atoms with E-state index in [0.29, 0.717) is 0 Å². The summed E-state index contributed by atoms with van der Waals surface area (Å²) in [4.78, 5) is 23.4. The molecule has 0 aliphatic carbocycles. The van der Waals surface area contributed by atoms with Gasteiger partial charge in [-0.25, -0.2) is 9.59 Å². The lowest BCUT2D eigenvalue weighted by molar-refractivity contribution is -0.139. The van der Waals surface area contributed by atoms with E-state index in [1.165, 1.54) is 0 Å². The molecule has 2 rings (SSSR count). The molecule has 0 heterocycles. The normalized spacial score (nSPS) is 12.9. The molecule has 5 heteroatoms. The predicted molar refractivity (Wildman–Crippen MR) is 88.1 cm³/mol. The van der Waals surface area contributed by atoms with Crippen molar-refractivity contribution < 1.29 is 14.7 Å². The molecule has 0 aliphatic heterocycles. The monoisotopic (exact) mass is 312 g/mol. The molecule has 2 atom stereocenters. The maximum absolute atomic E-state index is 12.0. The predicted octanol–water partition coefficient (Wildman–Crippen LogP) is 2.74. The SMILES string of the molecule is CC(NC(=O)N[C@@H](Cc1ccccc1)C(=O)O)c1ccccc1. The number of urea groups is 1. The second-order valence-electron chi connectivity index (χ2n) is 5.33. The standard InChI is InChI=1S/C18H20N2O3/c1-13(15-10-6-3-7-11-15)19-18(23)20-16(17(21)22)12-14-8-4-2-5-9-14/h2-11,13,16H,12H2,1H3,(H,21,22)(H2,19,20,23)/t13?,16-/m0/s1. The fraction of sp³-hybridized carbons (Fsp3) is 0.222. The van der Waals surface area contributed by atoms with E-state index in [1.54, 1.807) is 0 Å². The van der Waals surface area contributed by atoms with E-state index in [-0.39, 0.29) is 12.5 Å². The number of nitrogens with one attached hydrogen (secondary N) is 2. The first-order valence-corrected chi connectivity index (χ1v) is 7.45. The second kappa shape index (κ2) is 7.98. The quantitative estimate of drug-likeness (QED) is 0.767. The third kappa shape index (κ3) is 5.14. The van der Waals surface area contributed by atoms with Crippen molar-refractivity contribution in [2.75, 3.05) is 0 Å². The third-order valence-electron chi connectivity index (χ3n) is 3.53. The minimum atomic E-state index is -1.06. The van der Waals surface area contributed by atoms with Gasteiger partial charge in [0.15, 0.2) is 0 Å². The van der Waals surface area contributed by atoms with Crippen molar-refractivity contribution in [2.24, 2.45) is 0 Å². The summed E-state index contributed by atoms with van der Waals surface area (Å²) in [5.74, 6) is -1.06. The van der Waals surface area contributed by atoms with Crippen LogP contribution in [-0.4, -0.2) is 23.1 Å². The van der Waals surface area contributed by atoms with Crippen molar-refractivity contribution in [1.82, 2.24) is 10.6 Å². The first kappa shape index (κ1) is 16.5.